The maximum absolute atomic E-state index is 12.9. The molecule has 0 radical (unpaired) electrons. The van der Waals surface area contributed by atoms with Crippen molar-refractivity contribution in [3.05, 3.63) is 65.2 Å². The Morgan fingerprint density at radius 3 is 2.73 bits per heavy atom. The molecule has 0 bridgehead atoms. The molecule has 26 heavy (non-hydrogen) atoms. The second-order valence-corrected chi connectivity index (χ2v) is 6.66. The molecule has 1 fully saturated rings. The van der Waals surface area contributed by atoms with Gasteiger partial charge in [-0.05, 0) is 36.2 Å². The molecule has 2 aliphatic heterocycles. The lowest BCUT2D eigenvalue weighted by Crippen LogP contribution is -2.41. The lowest BCUT2D eigenvalue weighted by molar-refractivity contribution is -0.130. The quantitative estimate of drug-likeness (QED) is 0.678. The number of fused-ring (bicyclic) bond motifs is 1. The van der Waals surface area contributed by atoms with Gasteiger partial charge < -0.3 is 10.1 Å². The highest BCUT2D eigenvalue weighted by atomic mass is 16.5. The molecule has 4 rings (SSSR count). The van der Waals surface area contributed by atoms with E-state index in [-0.39, 0.29) is 12.3 Å². The smallest absolute Gasteiger partial charge is 0.325 e. The first-order valence-electron chi connectivity index (χ1n) is 8.47. The number of hydrogen-bond donors (Lipinski definition) is 1. The molecular weight excluding hydrogens is 332 g/mol. The van der Waals surface area contributed by atoms with Gasteiger partial charge in [0, 0.05) is 12.0 Å². The number of urea groups is 1. The maximum atomic E-state index is 12.9. The van der Waals surface area contributed by atoms with Crippen molar-refractivity contribution in [1.29, 1.82) is 0 Å². The summed E-state index contributed by atoms with van der Waals surface area (Å²) in [4.78, 5) is 38.8. The summed E-state index contributed by atoms with van der Waals surface area (Å²) in [6.07, 6.45) is 0.756. The molecule has 132 valence electrons. The number of imide groups is 1. The van der Waals surface area contributed by atoms with Gasteiger partial charge in [0.05, 0.1) is 13.2 Å². The molecule has 1 unspecified atom stereocenters. The summed E-state index contributed by atoms with van der Waals surface area (Å²) < 4.78 is 5.44. The van der Waals surface area contributed by atoms with Crippen LogP contribution in [0.5, 0.6) is 5.75 Å². The van der Waals surface area contributed by atoms with E-state index in [9.17, 15) is 14.4 Å². The summed E-state index contributed by atoms with van der Waals surface area (Å²) in [6, 6.07) is 13.7. The van der Waals surface area contributed by atoms with Crippen LogP contribution in [0.4, 0.5) is 4.79 Å². The zero-order valence-electron chi connectivity index (χ0n) is 14.3. The molecule has 1 saturated heterocycles. The van der Waals surface area contributed by atoms with Crippen LogP contribution in [-0.4, -0.2) is 35.8 Å². The van der Waals surface area contributed by atoms with E-state index in [4.69, 9.17) is 4.74 Å². The van der Waals surface area contributed by atoms with Crippen LogP contribution in [0, 0.1) is 0 Å². The first kappa shape index (κ1) is 16.3. The normalized spacial score (nSPS) is 21.3. The van der Waals surface area contributed by atoms with Crippen molar-refractivity contribution in [3.8, 4) is 5.75 Å². The van der Waals surface area contributed by atoms with Crippen LogP contribution < -0.4 is 10.1 Å². The number of ether oxygens (including phenoxy) is 1. The van der Waals surface area contributed by atoms with Gasteiger partial charge in [0.15, 0.2) is 5.78 Å². The number of hydrogen-bond acceptors (Lipinski definition) is 4. The average molecular weight is 350 g/mol. The van der Waals surface area contributed by atoms with Crippen molar-refractivity contribution < 1.29 is 19.1 Å². The van der Waals surface area contributed by atoms with Crippen LogP contribution >= 0.6 is 0 Å². The van der Waals surface area contributed by atoms with Gasteiger partial charge in [-0.15, -0.1) is 0 Å². The lowest BCUT2D eigenvalue weighted by atomic mass is 9.92. The summed E-state index contributed by atoms with van der Waals surface area (Å²) in [7, 11) is 0. The third-order valence-corrected chi connectivity index (χ3v) is 4.94. The molecule has 3 amide bonds. The summed E-state index contributed by atoms with van der Waals surface area (Å²) >= 11 is 0. The number of carbonyl (C=O) groups excluding carboxylic acids is 3. The number of Topliss-reactive ketones (excluding diaryl/α,β-unsaturated/α-hetero) is 1. The van der Waals surface area contributed by atoms with Gasteiger partial charge in [0.2, 0.25) is 0 Å². The number of benzene rings is 2. The van der Waals surface area contributed by atoms with Crippen LogP contribution in [-0.2, 0) is 16.8 Å². The maximum Gasteiger partial charge on any atom is 0.325 e. The fourth-order valence-corrected chi connectivity index (χ4v) is 3.40. The molecule has 1 N–H and O–H groups in total. The van der Waals surface area contributed by atoms with Crippen LogP contribution in [0.25, 0.3) is 0 Å². The predicted octanol–water partition coefficient (Wildman–Crippen LogP) is 2.27. The minimum atomic E-state index is -1.16. The first-order chi connectivity index (χ1) is 12.5. The molecule has 1 atom stereocenters. The third-order valence-electron chi connectivity index (χ3n) is 4.94. The number of carbonyl (C=O) groups is 3. The van der Waals surface area contributed by atoms with E-state index in [1.54, 1.807) is 49.4 Å². The fraction of sp³-hybridized carbons (Fsp3) is 0.250. The summed E-state index contributed by atoms with van der Waals surface area (Å²) in [5.41, 5.74) is 0.970. The molecule has 6 heteroatoms. The van der Waals surface area contributed by atoms with Gasteiger partial charge in [-0.1, -0.05) is 30.3 Å². The average Bonchev–Trinajstić information content (AvgIpc) is 3.20. The summed E-state index contributed by atoms with van der Waals surface area (Å²) in [6.45, 7) is 1.97. The zero-order valence-corrected chi connectivity index (χ0v) is 14.3. The Balaban J connectivity index is 1.56. The topological polar surface area (TPSA) is 75.7 Å². The van der Waals surface area contributed by atoms with Gasteiger partial charge in [0.25, 0.3) is 5.91 Å². The van der Waals surface area contributed by atoms with E-state index < -0.39 is 17.5 Å². The predicted molar refractivity (Wildman–Crippen MR) is 94.0 cm³/mol. The standard InChI is InChI=1S/C20H18N2O4/c1-20(15-5-3-2-4-6-15)18(24)22(19(25)21-20)12-16(23)13-7-8-17-14(11-13)9-10-26-17/h2-8,11H,9-10,12H2,1H3,(H,21,25). The molecule has 2 aromatic rings. The SMILES string of the molecule is CC1(c2ccccc2)NC(=O)N(CC(=O)c2ccc3c(c2)CCO3)C1=O. The van der Waals surface area contributed by atoms with Crippen LogP contribution in [0.3, 0.4) is 0 Å². The van der Waals surface area contributed by atoms with Crippen molar-refractivity contribution >= 4 is 17.7 Å². The van der Waals surface area contributed by atoms with Crippen molar-refractivity contribution in [3.63, 3.8) is 0 Å². The molecule has 2 heterocycles. The van der Waals surface area contributed by atoms with Crippen molar-refractivity contribution in [2.75, 3.05) is 13.2 Å². The second-order valence-electron chi connectivity index (χ2n) is 6.66. The van der Waals surface area contributed by atoms with Gasteiger partial charge in [-0.3, -0.25) is 14.5 Å². The Labute approximate surface area is 150 Å². The van der Waals surface area contributed by atoms with E-state index in [1.165, 1.54) is 0 Å². The number of nitrogens with zero attached hydrogens (tertiary/aromatic N) is 1. The minimum Gasteiger partial charge on any atom is -0.493 e. The number of amides is 3. The van der Waals surface area contributed by atoms with Gasteiger partial charge >= 0.3 is 6.03 Å². The van der Waals surface area contributed by atoms with E-state index >= 15 is 0 Å². The Morgan fingerprint density at radius 1 is 1.19 bits per heavy atom. The van der Waals surface area contributed by atoms with Crippen molar-refractivity contribution in [1.82, 2.24) is 10.2 Å². The van der Waals surface area contributed by atoms with Gasteiger partial charge in [-0.25, -0.2) is 4.79 Å². The molecular formula is C20H18N2O4. The van der Waals surface area contributed by atoms with Crippen LogP contribution in [0.1, 0.15) is 28.4 Å². The second kappa shape index (κ2) is 5.98. The molecule has 2 aliphatic rings. The Morgan fingerprint density at radius 2 is 1.96 bits per heavy atom. The highest BCUT2D eigenvalue weighted by Gasteiger charge is 2.49. The number of nitrogens with one attached hydrogen (secondary N) is 1. The van der Waals surface area contributed by atoms with Crippen LogP contribution in [0.15, 0.2) is 48.5 Å². The van der Waals surface area contributed by atoms with E-state index in [0.717, 1.165) is 22.6 Å². The van der Waals surface area contributed by atoms with E-state index in [1.807, 2.05) is 6.07 Å². The number of rotatable bonds is 4. The Kier molecular flexibility index (Phi) is 3.76. The highest BCUT2D eigenvalue weighted by Crippen LogP contribution is 2.29. The van der Waals surface area contributed by atoms with E-state index in [0.29, 0.717) is 17.7 Å². The monoisotopic (exact) mass is 350 g/mol. The van der Waals surface area contributed by atoms with Gasteiger partial charge in [0.1, 0.15) is 11.3 Å². The Bertz CT molecular complexity index is 909. The highest BCUT2D eigenvalue weighted by molar-refractivity contribution is 6.11. The Hall–Kier alpha value is -3.15. The van der Waals surface area contributed by atoms with Crippen molar-refractivity contribution in [2.45, 2.75) is 18.9 Å². The third kappa shape index (κ3) is 2.54. The summed E-state index contributed by atoms with van der Waals surface area (Å²) in [5, 5.41) is 2.71. The lowest BCUT2D eigenvalue weighted by Gasteiger charge is -2.22. The molecule has 2 aromatic carbocycles. The minimum absolute atomic E-state index is 0.277. The van der Waals surface area contributed by atoms with Gasteiger partial charge in [-0.2, -0.15) is 0 Å². The first-order valence-corrected chi connectivity index (χ1v) is 8.47. The largest absolute Gasteiger partial charge is 0.493 e. The summed E-state index contributed by atoms with van der Waals surface area (Å²) in [5.74, 6) is 0.0836. The fourth-order valence-electron chi connectivity index (χ4n) is 3.40. The molecule has 0 aromatic heterocycles. The number of ketones is 1. The zero-order chi connectivity index (χ0) is 18.3. The van der Waals surface area contributed by atoms with E-state index in [2.05, 4.69) is 5.32 Å². The molecule has 0 aliphatic carbocycles. The molecule has 6 nitrogen and oxygen atoms in total. The van der Waals surface area contributed by atoms with Crippen LogP contribution in [0.2, 0.25) is 0 Å². The van der Waals surface area contributed by atoms with Crippen molar-refractivity contribution in [2.24, 2.45) is 0 Å². The molecule has 0 spiro atoms. The molecule has 0 saturated carbocycles.